The summed E-state index contributed by atoms with van der Waals surface area (Å²) in [6.07, 6.45) is 0. The van der Waals surface area contributed by atoms with Crippen LogP contribution in [0.5, 0.6) is 5.75 Å². The Balaban J connectivity index is 2.22. The molecule has 6 heteroatoms. The minimum atomic E-state index is -0.436. The molecule has 0 bridgehead atoms. The van der Waals surface area contributed by atoms with Gasteiger partial charge in [-0.05, 0) is 25.1 Å². The second kappa shape index (κ2) is 7.28. The van der Waals surface area contributed by atoms with Crippen molar-refractivity contribution < 1.29 is 19.1 Å². The summed E-state index contributed by atoms with van der Waals surface area (Å²) in [5.74, 6) is 0.152. The molecule has 0 fully saturated rings. The molecule has 2 aromatic rings. The topological polar surface area (TPSA) is 55.8 Å². The van der Waals surface area contributed by atoms with Gasteiger partial charge >= 0.3 is 5.97 Å². The molecule has 0 aliphatic rings. The van der Waals surface area contributed by atoms with Gasteiger partial charge in [-0.25, -0.2) is 4.79 Å². The van der Waals surface area contributed by atoms with Gasteiger partial charge in [-0.2, -0.15) is 0 Å². The first-order valence-corrected chi connectivity index (χ1v) is 7.89. The Morgan fingerprint density at radius 2 is 1.74 bits per heavy atom. The van der Waals surface area contributed by atoms with Gasteiger partial charge in [0.1, 0.15) is 10.6 Å². The third-order valence-corrected chi connectivity index (χ3v) is 4.75. The van der Waals surface area contributed by atoms with E-state index in [1.807, 2.05) is 31.2 Å². The van der Waals surface area contributed by atoms with Gasteiger partial charge in [0.2, 0.25) is 0 Å². The number of esters is 1. The zero-order valence-electron chi connectivity index (χ0n) is 13.5. The Hall–Kier alpha value is -2.34. The summed E-state index contributed by atoms with van der Waals surface area (Å²) < 4.78 is 10.0. The van der Waals surface area contributed by atoms with Crippen LogP contribution in [0.25, 0.3) is 0 Å². The van der Waals surface area contributed by atoms with Crippen molar-refractivity contribution in [2.75, 3.05) is 21.3 Å². The molecule has 122 valence electrons. The van der Waals surface area contributed by atoms with Gasteiger partial charge in [0, 0.05) is 12.6 Å². The van der Waals surface area contributed by atoms with Crippen LogP contribution >= 0.6 is 11.3 Å². The van der Waals surface area contributed by atoms with Crippen molar-refractivity contribution >= 4 is 23.2 Å². The highest BCUT2D eigenvalue weighted by atomic mass is 32.1. The van der Waals surface area contributed by atoms with E-state index in [0.717, 1.165) is 22.6 Å². The van der Waals surface area contributed by atoms with Crippen molar-refractivity contribution in [3.8, 4) is 5.75 Å². The zero-order chi connectivity index (χ0) is 17.0. The molecule has 0 saturated carbocycles. The molecule has 23 heavy (non-hydrogen) atoms. The highest BCUT2D eigenvalue weighted by Gasteiger charge is 2.23. The van der Waals surface area contributed by atoms with E-state index in [1.165, 1.54) is 7.11 Å². The maximum Gasteiger partial charge on any atom is 0.348 e. The minimum absolute atomic E-state index is 0.149. The number of methoxy groups -OCH3 is 2. The molecule has 0 spiro atoms. The first-order chi connectivity index (χ1) is 11.0. The fourth-order valence-electron chi connectivity index (χ4n) is 2.23. The van der Waals surface area contributed by atoms with Crippen LogP contribution in [0, 0.1) is 0 Å². The van der Waals surface area contributed by atoms with E-state index >= 15 is 0 Å². The number of hydrogen-bond acceptors (Lipinski definition) is 5. The molecular formula is C17H19NO4S. The predicted octanol–water partition coefficient (Wildman–Crippen LogP) is 3.38. The van der Waals surface area contributed by atoms with Crippen LogP contribution in [-0.2, 0) is 4.74 Å². The van der Waals surface area contributed by atoms with Crippen molar-refractivity contribution in [2.24, 2.45) is 0 Å². The number of nitrogens with zero attached hydrogens (tertiary/aromatic N) is 1. The van der Waals surface area contributed by atoms with Gasteiger partial charge < -0.3 is 14.4 Å². The molecule has 0 aliphatic heterocycles. The molecule has 2 rings (SSSR count). The van der Waals surface area contributed by atoms with Crippen LogP contribution in [-0.4, -0.2) is 38.0 Å². The van der Waals surface area contributed by atoms with Gasteiger partial charge in [-0.3, -0.25) is 4.79 Å². The SMILES string of the molecule is COC(=O)c1ccc(C(=O)N(C)[C@H](C)c2ccccc2OC)s1. The number of thiophene rings is 1. The van der Waals surface area contributed by atoms with E-state index in [1.54, 1.807) is 31.2 Å². The van der Waals surface area contributed by atoms with Crippen LogP contribution in [0.4, 0.5) is 0 Å². The molecule has 0 aliphatic carbocycles. The zero-order valence-corrected chi connectivity index (χ0v) is 14.3. The number of para-hydroxylation sites is 1. The van der Waals surface area contributed by atoms with E-state index < -0.39 is 5.97 Å². The number of hydrogen-bond donors (Lipinski definition) is 0. The third-order valence-electron chi connectivity index (χ3n) is 3.69. The Morgan fingerprint density at radius 1 is 1.09 bits per heavy atom. The summed E-state index contributed by atoms with van der Waals surface area (Å²) in [7, 11) is 4.66. The molecule has 0 unspecified atom stereocenters. The Morgan fingerprint density at radius 3 is 2.39 bits per heavy atom. The van der Waals surface area contributed by atoms with Crippen molar-refractivity contribution in [1.82, 2.24) is 4.90 Å². The lowest BCUT2D eigenvalue weighted by Crippen LogP contribution is -2.29. The second-order valence-electron chi connectivity index (χ2n) is 4.99. The lowest BCUT2D eigenvalue weighted by Gasteiger charge is -2.26. The standard InChI is InChI=1S/C17H19NO4S/c1-11(12-7-5-6-8-13(12)21-3)18(2)16(19)14-9-10-15(23-14)17(20)22-4/h5-11H,1-4H3/t11-/m1/s1. The number of amides is 1. The smallest absolute Gasteiger partial charge is 0.348 e. The van der Waals surface area contributed by atoms with Crippen LogP contribution < -0.4 is 4.74 Å². The van der Waals surface area contributed by atoms with Crippen LogP contribution in [0.1, 0.15) is 37.9 Å². The Bertz CT molecular complexity index is 710. The van der Waals surface area contributed by atoms with E-state index in [-0.39, 0.29) is 11.9 Å². The van der Waals surface area contributed by atoms with Crippen molar-refractivity contribution in [3.05, 3.63) is 51.7 Å². The molecule has 0 saturated heterocycles. The average molecular weight is 333 g/mol. The Labute approximate surface area is 139 Å². The fraction of sp³-hybridized carbons (Fsp3) is 0.294. The highest BCUT2D eigenvalue weighted by Crippen LogP contribution is 2.30. The largest absolute Gasteiger partial charge is 0.496 e. The van der Waals surface area contributed by atoms with Crippen molar-refractivity contribution in [1.29, 1.82) is 0 Å². The highest BCUT2D eigenvalue weighted by molar-refractivity contribution is 7.15. The van der Waals surface area contributed by atoms with Crippen LogP contribution in [0.3, 0.4) is 0 Å². The van der Waals surface area contributed by atoms with Gasteiger partial charge in [-0.15, -0.1) is 11.3 Å². The second-order valence-corrected chi connectivity index (χ2v) is 6.07. The molecule has 0 N–H and O–H groups in total. The van der Waals surface area contributed by atoms with E-state index in [9.17, 15) is 9.59 Å². The van der Waals surface area contributed by atoms with E-state index in [4.69, 9.17) is 4.74 Å². The molecule has 1 aromatic carbocycles. The number of carbonyl (C=O) groups is 2. The summed E-state index contributed by atoms with van der Waals surface area (Å²) in [6, 6.07) is 10.7. The molecule has 1 aromatic heterocycles. The molecule has 1 atom stereocenters. The maximum absolute atomic E-state index is 12.6. The van der Waals surface area contributed by atoms with Crippen LogP contribution in [0.15, 0.2) is 36.4 Å². The average Bonchev–Trinajstić information content (AvgIpc) is 3.09. The normalized spacial score (nSPS) is 11.7. The minimum Gasteiger partial charge on any atom is -0.496 e. The summed E-state index contributed by atoms with van der Waals surface area (Å²) in [4.78, 5) is 26.7. The van der Waals surface area contributed by atoms with Gasteiger partial charge in [0.05, 0.1) is 25.1 Å². The number of carbonyl (C=O) groups excluding carboxylic acids is 2. The number of ether oxygens (including phenoxy) is 2. The molecule has 0 radical (unpaired) electrons. The molecule has 1 heterocycles. The monoisotopic (exact) mass is 333 g/mol. The molecule has 1 amide bonds. The first kappa shape index (κ1) is 17.0. The number of benzene rings is 1. The van der Waals surface area contributed by atoms with Gasteiger partial charge in [0.25, 0.3) is 5.91 Å². The summed E-state index contributed by atoms with van der Waals surface area (Å²) in [6.45, 7) is 1.94. The quantitative estimate of drug-likeness (QED) is 0.787. The van der Waals surface area contributed by atoms with E-state index in [2.05, 4.69) is 4.74 Å². The first-order valence-electron chi connectivity index (χ1n) is 7.07. The van der Waals surface area contributed by atoms with E-state index in [0.29, 0.717) is 9.75 Å². The predicted molar refractivity (Wildman–Crippen MR) is 89.2 cm³/mol. The van der Waals surface area contributed by atoms with Crippen molar-refractivity contribution in [2.45, 2.75) is 13.0 Å². The fourth-order valence-corrected chi connectivity index (χ4v) is 3.14. The summed E-state index contributed by atoms with van der Waals surface area (Å²) >= 11 is 1.13. The Kier molecular flexibility index (Phi) is 5.39. The lowest BCUT2D eigenvalue weighted by molar-refractivity contribution is 0.0606. The number of rotatable bonds is 5. The summed E-state index contributed by atoms with van der Waals surface area (Å²) in [5.41, 5.74) is 0.926. The molecule has 5 nitrogen and oxygen atoms in total. The third kappa shape index (κ3) is 3.53. The maximum atomic E-state index is 12.6. The van der Waals surface area contributed by atoms with Crippen LogP contribution in [0.2, 0.25) is 0 Å². The molecular weight excluding hydrogens is 314 g/mol. The lowest BCUT2D eigenvalue weighted by atomic mass is 10.1. The van der Waals surface area contributed by atoms with Gasteiger partial charge in [0.15, 0.2) is 0 Å². The van der Waals surface area contributed by atoms with Crippen molar-refractivity contribution in [3.63, 3.8) is 0 Å². The van der Waals surface area contributed by atoms with Gasteiger partial charge in [-0.1, -0.05) is 18.2 Å². The summed E-state index contributed by atoms with van der Waals surface area (Å²) in [5, 5.41) is 0.